The zero-order chi connectivity index (χ0) is 15.0. The average molecular weight is 320 g/mol. The Hall–Kier alpha value is -0.960. The van der Waals surface area contributed by atoms with Gasteiger partial charge in [0.15, 0.2) is 0 Å². The van der Waals surface area contributed by atoms with Crippen LogP contribution in [0.15, 0.2) is 23.1 Å². The largest absolute Gasteiger partial charge is 0.495 e. The third-order valence-corrected chi connectivity index (χ3v) is 5.03. The first kappa shape index (κ1) is 17.1. The Morgan fingerprint density at radius 2 is 2.15 bits per heavy atom. The van der Waals surface area contributed by atoms with Gasteiger partial charge in [-0.25, -0.2) is 13.1 Å². The maximum absolute atomic E-state index is 12.0. The summed E-state index contributed by atoms with van der Waals surface area (Å²) in [6.45, 7) is 0.494. The zero-order valence-corrected chi connectivity index (χ0v) is 13.0. The van der Waals surface area contributed by atoms with E-state index in [0.717, 1.165) is 5.75 Å². The molecule has 0 amide bonds. The summed E-state index contributed by atoms with van der Waals surface area (Å²) in [6, 6.07) is 4.36. The van der Waals surface area contributed by atoms with Crippen LogP contribution >= 0.6 is 11.8 Å². The Balaban J connectivity index is 2.54. The molecule has 8 heteroatoms. The fourth-order valence-corrected chi connectivity index (χ4v) is 3.46. The maximum Gasteiger partial charge on any atom is 0.240 e. The fourth-order valence-electron chi connectivity index (χ4n) is 1.48. The first-order valence-electron chi connectivity index (χ1n) is 6.13. The Morgan fingerprint density at radius 3 is 2.75 bits per heavy atom. The number of aliphatic hydroxyl groups is 1. The van der Waals surface area contributed by atoms with E-state index in [2.05, 4.69) is 4.72 Å². The van der Waals surface area contributed by atoms with Crippen LogP contribution in [0.2, 0.25) is 0 Å². The number of hydrogen-bond donors (Lipinski definition) is 3. The van der Waals surface area contributed by atoms with Crippen LogP contribution in [0.5, 0.6) is 5.75 Å². The van der Waals surface area contributed by atoms with Crippen LogP contribution in [0.3, 0.4) is 0 Å². The van der Waals surface area contributed by atoms with Crippen LogP contribution in [0.25, 0.3) is 0 Å². The van der Waals surface area contributed by atoms with Crippen molar-refractivity contribution >= 4 is 27.5 Å². The molecule has 0 aromatic heterocycles. The summed E-state index contributed by atoms with van der Waals surface area (Å²) in [5.41, 5.74) is 5.98. The summed E-state index contributed by atoms with van der Waals surface area (Å²) in [5.74, 6) is 1.92. The molecule has 1 aromatic rings. The highest BCUT2D eigenvalue weighted by molar-refractivity contribution is 7.99. The van der Waals surface area contributed by atoms with E-state index in [1.165, 1.54) is 25.3 Å². The Bertz CT molecular complexity index is 520. The van der Waals surface area contributed by atoms with Crippen molar-refractivity contribution in [1.29, 1.82) is 0 Å². The minimum absolute atomic E-state index is 0.121. The maximum atomic E-state index is 12.0. The molecule has 0 saturated heterocycles. The number of benzene rings is 1. The summed E-state index contributed by atoms with van der Waals surface area (Å²) in [6.07, 6.45) is 0.715. The van der Waals surface area contributed by atoms with Gasteiger partial charge in [0, 0.05) is 18.9 Å². The van der Waals surface area contributed by atoms with Crippen LogP contribution < -0.4 is 15.2 Å². The van der Waals surface area contributed by atoms with Crippen molar-refractivity contribution in [1.82, 2.24) is 4.72 Å². The van der Waals surface area contributed by atoms with Crippen LogP contribution in [-0.2, 0) is 10.0 Å². The molecule has 0 fully saturated rings. The summed E-state index contributed by atoms with van der Waals surface area (Å²) in [5, 5.41) is 8.62. The van der Waals surface area contributed by atoms with Crippen molar-refractivity contribution in [2.75, 3.05) is 37.5 Å². The number of rotatable bonds is 9. The van der Waals surface area contributed by atoms with Gasteiger partial charge in [0.1, 0.15) is 5.75 Å². The molecule has 0 aliphatic heterocycles. The number of sulfonamides is 1. The van der Waals surface area contributed by atoms with E-state index in [1.54, 1.807) is 11.8 Å². The quantitative estimate of drug-likeness (QED) is 0.457. The van der Waals surface area contributed by atoms with E-state index >= 15 is 0 Å². The number of thioether (sulfide) groups is 1. The van der Waals surface area contributed by atoms with E-state index < -0.39 is 10.0 Å². The predicted molar refractivity (Wildman–Crippen MR) is 81.6 cm³/mol. The van der Waals surface area contributed by atoms with Crippen molar-refractivity contribution in [3.05, 3.63) is 18.2 Å². The second-order valence-corrected chi connectivity index (χ2v) is 6.98. The molecule has 0 unspecified atom stereocenters. The van der Waals surface area contributed by atoms with E-state index in [9.17, 15) is 8.42 Å². The van der Waals surface area contributed by atoms with Gasteiger partial charge in [-0.1, -0.05) is 0 Å². The fraction of sp³-hybridized carbons (Fsp3) is 0.500. The molecule has 0 spiro atoms. The van der Waals surface area contributed by atoms with Crippen LogP contribution in [-0.4, -0.2) is 45.3 Å². The minimum Gasteiger partial charge on any atom is -0.495 e. The molecule has 0 aliphatic carbocycles. The molecule has 0 atom stereocenters. The molecule has 0 radical (unpaired) electrons. The highest BCUT2D eigenvalue weighted by Crippen LogP contribution is 2.24. The van der Waals surface area contributed by atoms with Gasteiger partial charge in [-0.3, -0.25) is 0 Å². The van der Waals surface area contributed by atoms with E-state index in [1.807, 2.05) is 0 Å². The monoisotopic (exact) mass is 320 g/mol. The molecule has 0 aliphatic rings. The van der Waals surface area contributed by atoms with E-state index in [4.69, 9.17) is 15.6 Å². The van der Waals surface area contributed by atoms with Crippen molar-refractivity contribution in [2.45, 2.75) is 11.3 Å². The highest BCUT2D eigenvalue weighted by atomic mass is 32.2. The summed E-state index contributed by atoms with van der Waals surface area (Å²) in [4.78, 5) is 0.121. The van der Waals surface area contributed by atoms with Gasteiger partial charge < -0.3 is 15.6 Å². The van der Waals surface area contributed by atoms with Crippen molar-refractivity contribution in [3.8, 4) is 5.75 Å². The van der Waals surface area contributed by atoms with Crippen molar-refractivity contribution in [3.63, 3.8) is 0 Å². The molecule has 0 heterocycles. The Kier molecular flexibility index (Phi) is 7.14. The molecule has 0 bridgehead atoms. The lowest BCUT2D eigenvalue weighted by Gasteiger charge is -2.09. The van der Waals surface area contributed by atoms with E-state index in [0.29, 0.717) is 24.5 Å². The molecule has 1 rings (SSSR count). The number of nitrogens with two attached hydrogens (primary N) is 1. The standard InChI is InChI=1S/C12H20N2O4S2/c1-18-12-4-3-10(9-11(12)13)20(16,17)14-5-8-19-7-2-6-15/h3-4,9,14-15H,2,5-8,13H2,1H3. The van der Waals surface area contributed by atoms with Crippen molar-refractivity contribution in [2.24, 2.45) is 0 Å². The molecule has 6 nitrogen and oxygen atoms in total. The smallest absolute Gasteiger partial charge is 0.240 e. The lowest BCUT2D eigenvalue weighted by Crippen LogP contribution is -2.26. The average Bonchev–Trinajstić information content (AvgIpc) is 2.42. The van der Waals surface area contributed by atoms with Gasteiger partial charge in [0.25, 0.3) is 0 Å². The third kappa shape index (κ3) is 5.20. The van der Waals surface area contributed by atoms with Gasteiger partial charge in [-0.2, -0.15) is 11.8 Å². The number of nitrogens with one attached hydrogen (secondary N) is 1. The van der Waals surface area contributed by atoms with E-state index in [-0.39, 0.29) is 17.2 Å². The Morgan fingerprint density at radius 1 is 1.40 bits per heavy atom. The third-order valence-electron chi connectivity index (χ3n) is 2.50. The van der Waals surface area contributed by atoms with Crippen LogP contribution in [0.4, 0.5) is 5.69 Å². The molecule has 114 valence electrons. The second kappa shape index (κ2) is 8.35. The van der Waals surface area contributed by atoms with Gasteiger partial charge in [-0.05, 0) is 30.4 Å². The number of nitrogen functional groups attached to an aromatic ring is 1. The minimum atomic E-state index is -3.55. The van der Waals surface area contributed by atoms with Crippen LogP contribution in [0, 0.1) is 0 Å². The summed E-state index contributed by atoms with van der Waals surface area (Å²) >= 11 is 1.59. The van der Waals surface area contributed by atoms with Gasteiger partial charge in [0.05, 0.1) is 17.7 Å². The zero-order valence-electron chi connectivity index (χ0n) is 11.3. The first-order valence-corrected chi connectivity index (χ1v) is 8.77. The number of methoxy groups -OCH3 is 1. The molecular formula is C12H20N2O4S2. The molecule has 0 saturated carbocycles. The number of ether oxygens (including phenoxy) is 1. The SMILES string of the molecule is COc1ccc(S(=O)(=O)NCCSCCCO)cc1N. The normalized spacial score (nSPS) is 11.5. The number of aliphatic hydroxyl groups excluding tert-OH is 1. The highest BCUT2D eigenvalue weighted by Gasteiger charge is 2.14. The number of hydrogen-bond acceptors (Lipinski definition) is 6. The predicted octanol–water partition coefficient (Wildman–Crippen LogP) is 0.671. The lowest BCUT2D eigenvalue weighted by molar-refractivity contribution is 0.296. The first-order chi connectivity index (χ1) is 9.51. The second-order valence-electron chi connectivity index (χ2n) is 3.99. The van der Waals surface area contributed by atoms with Crippen molar-refractivity contribution < 1.29 is 18.3 Å². The molecule has 4 N–H and O–H groups in total. The summed E-state index contributed by atoms with van der Waals surface area (Å²) in [7, 11) is -2.07. The molecule has 20 heavy (non-hydrogen) atoms. The topological polar surface area (TPSA) is 102 Å². The van der Waals surface area contributed by atoms with Gasteiger partial charge in [-0.15, -0.1) is 0 Å². The number of anilines is 1. The molecule has 1 aromatic carbocycles. The lowest BCUT2D eigenvalue weighted by atomic mass is 10.3. The summed E-state index contributed by atoms with van der Waals surface area (Å²) < 4.78 is 31.5. The van der Waals surface area contributed by atoms with Crippen LogP contribution in [0.1, 0.15) is 6.42 Å². The van der Waals surface area contributed by atoms with Gasteiger partial charge >= 0.3 is 0 Å². The van der Waals surface area contributed by atoms with Gasteiger partial charge in [0.2, 0.25) is 10.0 Å². The Labute approximate surface area is 123 Å². The molecular weight excluding hydrogens is 300 g/mol.